The minimum Gasteiger partial charge on any atom is -0.357 e. The zero-order valence-electron chi connectivity index (χ0n) is 16.4. The fraction of sp³-hybridized carbons (Fsp3) is 0.600. The summed E-state index contributed by atoms with van der Waals surface area (Å²) in [6, 6.07) is 5.89. The molecule has 2 aliphatic rings. The first kappa shape index (κ1) is 23.8. The number of benzene rings is 1. The van der Waals surface area contributed by atoms with Crippen LogP contribution in [0.25, 0.3) is 0 Å². The summed E-state index contributed by atoms with van der Waals surface area (Å²) in [6.07, 6.45) is 0.321. The van der Waals surface area contributed by atoms with E-state index in [0.717, 1.165) is 38.2 Å². The summed E-state index contributed by atoms with van der Waals surface area (Å²) in [5.74, 6) is 0.391. The Bertz CT molecular complexity index is 731. The molecule has 0 saturated heterocycles. The van der Waals surface area contributed by atoms with Gasteiger partial charge in [-0.1, -0.05) is 24.6 Å². The summed E-state index contributed by atoms with van der Waals surface area (Å²) >= 11 is 0. The summed E-state index contributed by atoms with van der Waals surface area (Å²) in [5.41, 5.74) is -0.259. The molecule has 9 heteroatoms. The molecule has 29 heavy (non-hydrogen) atoms. The largest absolute Gasteiger partial charge is 0.416 e. The van der Waals surface area contributed by atoms with Crippen LogP contribution in [0.5, 0.6) is 0 Å². The topological polar surface area (TPSA) is 65.5 Å². The molecule has 5 nitrogen and oxygen atoms in total. The van der Waals surface area contributed by atoms with Gasteiger partial charge in [-0.25, -0.2) is 4.99 Å². The second-order valence-corrected chi connectivity index (χ2v) is 7.60. The SMILES string of the molecule is CCNC(=NCC(=O)NC1CC1)NCC1(c2cccc(C(F)(F)F)c2)CCC1.I. The van der Waals surface area contributed by atoms with Gasteiger partial charge in [-0.05, 0) is 44.2 Å². The van der Waals surface area contributed by atoms with Crippen LogP contribution in [0.1, 0.15) is 50.2 Å². The van der Waals surface area contributed by atoms with Gasteiger partial charge in [-0.2, -0.15) is 13.2 Å². The van der Waals surface area contributed by atoms with Crippen molar-refractivity contribution in [3.63, 3.8) is 0 Å². The van der Waals surface area contributed by atoms with Crippen molar-refractivity contribution in [2.24, 2.45) is 4.99 Å². The van der Waals surface area contributed by atoms with Crippen LogP contribution in [0.4, 0.5) is 13.2 Å². The molecule has 1 aromatic carbocycles. The minimum absolute atomic E-state index is 0. The lowest BCUT2D eigenvalue weighted by Crippen LogP contribution is -2.49. The summed E-state index contributed by atoms with van der Waals surface area (Å²) in [6.45, 7) is 3.06. The van der Waals surface area contributed by atoms with Crippen LogP contribution in [-0.2, 0) is 16.4 Å². The number of guanidine groups is 1. The van der Waals surface area contributed by atoms with E-state index >= 15 is 0 Å². The molecule has 0 unspecified atom stereocenters. The number of hydrogen-bond acceptors (Lipinski definition) is 2. The van der Waals surface area contributed by atoms with Crippen LogP contribution in [0.2, 0.25) is 0 Å². The lowest BCUT2D eigenvalue weighted by atomic mass is 9.64. The number of nitrogens with one attached hydrogen (secondary N) is 3. The third-order valence-corrected chi connectivity index (χ3v) is 5.37. The molecule has 2 aliphatic carbocycles. The van der Waals surface area contributed by atoms with Crippen LogP contribution in [-0.4, -0.2) is 37.5 Å². The van der Waals surface area contributed by atoms with Gasteiger partial charge in [0.05, 0.1) is 5.56 Å². The molecule has 1 aromatic rings. The number of hydrogen-bond donors (Lipinski definition) is 3. The maximum atomic E-state index is 13.1. The standard InChI is InChI=1S/C20H27F3N4O.HI/c1-2-24-18(25-12-17(28)27-16-7-8-16)26-13-19(9-4-10-19)14-5-3-6-15(11-14)20(21,22)23;/h3,5-6,11,16H,2,4,7-10,12-13H2,1H3,(H,27,28)(H2,24,25,26);1H. The fourth-order valence-corrected chi connectivity index (χ4v) is 3.44. The number of carbonyl (C=O) groups excluding carboxylic acids is 1. The molecule has 0 heterocycles. The minimum atomic E-state index is -4.35. The highest BCUT2D eigenvalue weighted by molar-refractivity contribution is 14.0. The number of halogens is 4. The Hall–Kier alpha value is -1.52. The van der Waals surface area contributed by atoms with E-state index in [1.54, 1.807) is 6.07 Å². The fourth-order valence-electron chi connectivity index (χ4n) is 3.44. The van der Waals surface area contributed by atoms with Gasteiger partial charge in [0.15, 0.2) is 5.96 Å². The molecule has 2 fully saturated rings. The van der Waals surface area contributed by atoms with Gasteiger partial charge in [0.25, 0.3) is 0 Å². The van der Waals surface area contributed by atoms with Crippen molar-refractivity contribution in [1.82, 2.24) is 16.0 Å². The van der Waals surface area contributed by atoms with Crippen LogP contribution in [0.15, 0.2) is 29.3 Å². The van der Waals surface area contributed by atoms with Crippen molar-refractivity contribution >= 4 is 35.8 Å². The summed E-state index contributed by atoms with van der Waals surface area (Å²) in [5, 5.41) is 9.20. The number of nitrogens with zero attached hydrogens (tertiary/aromatic N) is 1. The molecule has 1 amide bonds. The van der Waals surface area contributed by atoms with Crippen molar-refractivity contribution < 1.29 is 18.0 Å². The third-order valence-electron chi connectivity index (χ3n) is 5.37. The molecular weight excluding hydrogens is 496 g/mol. The average molecular weight is 524 g/mol. The molecule has 0 radical (unpaired) electrons. The molecule has 0 aromatic heterocycles. The Morgan fingerprint density at radius 1 is 1.24 bits per heavy atom. The van der Waals surface area contributed by atoms with E-state index in [4.69, 9.17) is 0 Å². The maximum Gasteiger partial charge on any atom is 0.416 e. The number of aliphatic imine (C=N–C) groups is 1. The smallest absolute Gasteiger partial charge is 0.357 e. The van der Waals surface area contributed by atoms with E-state index in [9.17, 15) is 18.0 Å². The zero-order chi connectivity index (χ0) is 20.2. The van der Waals surface area contributed by atoms with E-state index in [-0.39, 0.29) is 47.9 Å². The first-order chi connectivity index (χ1) is 13.3. The first-order valence-electron chi connectivity index (χ1n) is 9.82. The van der Waals surface area contributed by atoms with Crippen molar-refractivity contribution in [1.29, 1.82) is 0 Å². The summed E-state index contributed by atoms with van der Waals surface area (Å²) in [4.78, 5) is 16.2. The molecule has 0 spiro atoms. The molecular formula is C20H28F3IN4O. The number of amides is 1. The Morgan fingerprint density at radius 3 is 2.52 bits per heavy atom. The molecule has 3 rings (SSSR count). The summed E-state index contributed by atoms with van der Waals surface area (Å²) in [7, 11) is 0. The lowest BCUT2D eigenvalue weighted by Gasteiger charge is -2.43. The van der Waals surface area contributed by atoms with Crippen LogP contribution in [0.3, 0.4) is 0 Å². The second kappa shape index (κ2) is 9.99. The third kappa shape index (κ3) is 6.48. The zero-order valence-corrected chi connectivity index (χ0v) is 18.8. The Balaban J connectivity index is 0.00000300. The van der Waals surface area contributed by atoms with E-state index in [1.807, 2.05) is 6.92 Å². The van der Waals surface area contributed by atoms with Crippen molar-refractivity contribution in [2.45, 2.75) is 56.7 Å². The molecule has 162 valence electrons. The van der Waals surface area contributed by atoms with Gasteiger partial charge in [-0.15, -0.1) is 24.0 Å². The molecule has 2 saturated carbocycles. The molecule has 0 atom stereocenters. The Kier molecular flexibility index (Phi) is 8.18. The van der Waals surface area contributed by atoms with Gasteiger partial charge in [0, 0.05) is 24.5 Å². The summed E-state index contributed by atoms with van der Waals surface area (Å²) < 4.78 is 39.2. The predicted molar refractivity (Wildman–Crippen MR) is 118 cm³/mol. The second-order valence-electron chi connectivity index (χ2n) is 7.60. The van der Waals surface area contributed by atoms with Crippen molar-refractivity contribution in [2.75, 3.05) is 19.6 Å². The van der Waals surface area contributed by atoms with Crippen LogP contribution < -0.4 is 16.0 Å². The highest BCUT2D eigenvalue weighted by Crippen LogP contribution is 2.44. The van der Waals surface area contributed by atoms with Gasteiger partial charge < -0.3 is 16.0 Å². The maximum absolute atomic E-state index is 13.1. The molecule has 3 N–H and O–H groups in total. The van der Waals surface area contributed by atoms with Gasteiger partial charge >= 0.3 is 6.18 Å². The van der Waals surface area contributed by atoms with Crippen LogP contribution in [0, 0.1) is 0 Å². The number of rotatable bonds is 7. The number of carbonyl (C=O) groups is 1. The quantitative estimate of drug-likeness (QED) is 0.291. The van der Waals surface area contributed by atoms with E-state index in [1.165, 1.54) is 12.1 Å². The Labute approximate surface area is 186 Å². The lowest BCUT2D eigenvalue weighted by molar-refractivity contribution is -0.137. The number of alkyl halides is 3. The van der Waals surface area contributed by atoms with Crippen LogP contribution >= 0.6 is 24.0 Å². The Morgan fingerprint density at radius 2 is 1.97 bits per heavy atom. The highest BCUT2D eigenvalue weighted by atomic mass is 127. The highest BCUT2D eigenvalue weighted by Gasteiger charge is 2.40. The van der Waals surface area contributed by atoms with Gasteiger partial charge in [0.2, 0.25) is 5.91 Å². The van der Waals surface area contributed by atoms with E-state index < -0.39 is 11.7 Å². The van der Waals surface area contributed by atoms with Gasteiger partial charge in [0.1, 0.15) is 6.54 Å². The molecule has 0 aliphatic heterocycles. The normalized spacial score (nSPS) is 18.3. The molecule has 0 bridgehead atoms. The van der Waals surface area contributed by atoms with E-state index in [2.05, 4.69) is 20.9 Å². The van der Waals surface area contributed by atoms with E-state index in [0.29, 0.717) is 24.6 Å². The van der Waals surface area contributed by atoms with Gasteiger partial charge in [-0.3, -0.25) is 4.79 Å². The predicted octanol–water partition coefficient (Wildman–Crippen LogP) is 3.58. The van der Waals surface area contributed by atoms with Crippen molar-refractivity contribution in [3.8, 4) is 0 Å². The monoisotopic (exact) mass is 524 g/mol. The van der Waals surface area contributed by atoms with Crippen molar-refractivity contribution in [3.05, 3.63) is 35.4 Å². The first-order valence-corrected chi connectivity index (χ1v) is 9.82. The average Bonchev–Trinajstić information content (AvgIpc) is 3.42.